The third-order valence-corrected chi connectivity index (χ3v) is 7.50. The SMILES string of the molecule is Cc1c(Cl)cccc1NC(=S)NC(C)C12CC3CC(CC(C3)C1)C2. The van der Waals surface area contributed by atoms with Gasteiger partial charge in [0.15, 0.2) is 5.11 Å². The Morgan fingerprint density at radius 3 is 2.33 bits per heavy atom. The number of benzene rings is 1. The van der Waals surface area contributed by atoms with Crippen LogP contribution in [0.3, 0.4) is 0 Å². The lowest BCUT2D eigenvalue weighted by atomic mass is 9.48. The first kappa shape index (κ1) is 16.7. The largest absolute Gasteiger partial charge is 0.359 e. The zero-order valence-corrected chi connectivity index (χ0v) is 16.1. The van der Waals surface area contributed by atoms with Gasteiger partial charge in [0.25, 0.3) is 0 Å². The molecule has 0 aliphatic heterocycles. The average Bonchev–Trinajstić information content (AvgIpc) is 2.50. The van der Waals surface area contributed by atoms with Crippen LogP contribution in [0.15, 0.2) is 18.2 Å². The summed E-state index contributed by atoms with van der Waals surface area (Å²) in [5, 5.41) is 8.46. The molecular formula is C20H27ClN2S. The van der Waals surface area contributed by atoms with Crippen LogP contribution < -0.4 is 10.6 Å². The first-order valence-electron chi connectivity index (χ1n) is 9.28. The Kier molecular flexibility index (Phi) is 4.29. The second-order valence-corrected chi connectivity index (χ2v) is 9.33. The molecule has 4 fully saturated rings. The molecule has 4 saturated carbocycles. The van der Waals surface area contributed by atoms with Gasteiger partial charge in [-0.1, -0.05) is 17.7 Å². The van der Waals surface area contributed by atoms with Gasteiger partial charge in [-0.2, -0.15) is 0 Å². The highest BCUT2D eigenvalue weighted by molar-refractivity contribution is 7.80. The van der Waals surface area contributed by atoms with E-state index in [9.17, 15) is 0 Å². The van der Waals surface area contributed by atoms with Crippen LogP contribution in [0.25, 0.3) is 0 Å². The maximum Gasteiger partial charge on any atom is 0.171 e. The number of hydrogen-bond donors (Lipinski definition) is 2. The molecule has 1 atom stereocenters. The van der Waals surface area contributed by atoms with Crippen molar-refractivity contribution in [1.29, 1.82) is 0 Å². The van der Waals surface area contributed by atoms with Crippen molar-refractivity contribution < 1.29 is 0 Å². The summed E-state index contributed by atoms with van der Waals surface area (Å²) in [6, 6.07) is 6.34. The van der Waals surface area contributed by atoms with E-state index in [2.05, 4.69) is 17.6 Å². The molecular weight excluding hydrogens is 336 g/mol. The number of rotatable bonds is 3. The predicted octanol–water partition coefficient (Wildman–Crippen LogP) is 5.54. The van der Waals surface area contributed by atoms with Gasteiger partial charge in [-0.25, -0.2) is 0 Å². The highest BCUT2D eigenvalue weighted by atomic mass is 35.5. The van der Waals surface area contributed by atoms with Crippen LogP contribution in [0.4, 0.5) is 5.69 Å². The minimum atomic E-state index is 0.436. The summed E-state index contributed by atoms with van der Waals surface area (Å²) in [5.41, 5.74) is 2.51. The number of nitrogens with one attached hydrogen (secondary N) is 2. The molecule has 0 heterocycles. The van der Waals surface area contributed by atoms with Crippen molar-refractivity contribution in [2.45, 2.75) is 58.4 Å². The van der Waals surface area contributed by atoms with Crippen molar-refractivity contribution >= 4 is 34.6 Å². The molecule has 0 radical (unpaired) electrons. The van der Waals surface area contributed by atoms with Crippen LogP contribution in [0, 0.1) is 30.1 Å². The molecule has 0 aromatic heterocycles. The maximum absolute atomic E-state index is 6.21. The lowest BCUT2D eigenvalue weighted by Crippen LogP contribution is -2.56. The Morgan fingerprint density at radius 2 is 1.75 bits per heavy atom. The van der Waals surface area contributed by atoms with Crippen LogP contribution in [0.1, 0.15) is 51.0 Å². The smallest absolute Gasteiger partial charge is 0.171 e. The lowest BCUT2D eigenvalue weighted by Gasteiger charge is -2.59. The van der Waals surface area contributed by atoms with Crippen molar-refractivity contribution in [3.05, 3.63) is 28.8 Å². The lowest BCUT2D eigenvalue weighted by molar-refractivity contribution is -0.0671. The normalized spacial score (nSPS) is 34.9. The van der Waals surface area contributed by atoms with E-state index in [0.29, 0.717) is 11.5 Å². The predicted molar refractivity (Wildman–Crippen MR) is 106 cm³/mol. The molecule has 4 heteroatoms. The molecule has 1 aromatic carbocycles. The zero-order chi connectivity index (χ0) is 16.9. The molecule has 0 spiro atoms. The van der Waals surface area contributed by atoms with Gasteiger partial charge in [0.2, 0.25) is 0 Å². The summed E-state index contributed by atoms with van der Waals surface area (Å²) in [7, 11) is 0. The van der Waals surface area contributed by atoms with Crippen LogP contribution in [-0.4, -0.2) is 11.2 Å². The van der Waals surface area contributed by atoms with Crippen LogP contribution in [-0.2, 0) is 0 Å². The van der Waals surface area contributed by atoms with Gasteiger partial charge in [0.1, 0.15) is 0 Å². The fourth-order valence-corrected chi connectivity index (χ4v) is 6.42. The second-order valence-electron chi connectivity index (χ2n) is 8.51. The van der Waals surface area contributed by atoms with E-state index in [-0.39, 0.29) is 0 Å². The fraction of sp³-hybridized carbons (Fsp3) is 0.650. The standard InChI is InChI=1S/C20H27ClN2S/c1-12-17(21)4-3-5-18(12)23-19(24)22-13(2)20-9-14-6-15(10-20)8-16(7-14)11-20/h3-5,13-16H,6-11H2,1-2H3,(H2,22,23,24). The van der Waals surface area contributed by atoms with E-state index in [4.69, 9.17) is 23.8 Å². The first-order chi connectivity index (χ1) is 11.4. The molecule has 5 rings (SSSR count). The van der Waals surface area contributed by atoms with Crippen molar-refractivity contribution in [2.75, 3.05) is 5.32 Å². The van der Waals surface area contributed by atoms with Gasteiger partial charge in [0, 0.05) is 16.8 Å². The molecule has 4 aliphatic rings. The van der Waals surface area contributed by atoms with Crippen LogP contribution >= 0.6 is 23.8 Å². The molecule has 130 valence electrons. The number of hydrogen-bond acceptors (Lipinski definition) is 1. The third-order valence-electron chi connectivity index (χ3n) is 6.87. The van der Waals surface area contributed by atoms with Crippen molar-refractivity contribution in [2.24, 2.45) is 23.2 Å². The quantitative estimate of drug-likeness (QED) is 0.690. The maximum atomic E-state index is 6.21. The number of anilines is 1. The Morgan fingerprint density at radius 1 is 1.17 bits per heavy atom. The van der Waals surface area contributed by atoms with Crippen LogP contribution in [0.5, 0.6) is 0 Å². The molecule has 1 aromatic rings. The van der Waals surface area contributed by atoms with Crippen molar-refractivity contribution in [3.63, 3.8) is 0 Å². The summed E-state index contributed by atoms with van der Waals surface area (Å²) in [6.07, 6.45) is 8.63. The first-order valence-corrected chi connectivity index (χ1v) is 10.1. The van der Waals surface area contributed by atoms with Gasteiger partial charge in [0.05, 0.1) is 0 Å². The van der Waals surface area contributed by atoms with Gasteiger partial charge < -0.3 is 10.6 Å². The fourth-order valence-electron chi connectivity index (χ4n) is 5.96. The Balaban J connectivity index is 1.43. The molecule has 4 bridgehead atoms. The minimum Gasteiger partial charge on any atom is -0.359 e. The van der Waals surface area contributed by atoms with E-state index < -0.39 is 0 Å². The van der Waals surface area contributed by atoms with Gasteiger partial charge >= 0.3 is 0 Å². The van der Waals surface area contributed by atoms with E-state index in [1.807, 2.05) is 25.1 Å². The van der Waals surface area contributed by atoms with Crippen molar-refractivity contribution in [3.8, 4) is 0 Å². The van der Waals surface area contributed by atoms with E-state index in [1.54, 1.807) is 0 Å². The van der Waals surface area contributed by atoms with Gasteiger partial charge in [-0.15, -0.1) is 0 Å². The van der Waals surface area contributed by atoms with E-state index >= 15 is 0 Å². The molecule has 24 heavy (non-hydrogen) atoms. The molecule has 0 saturated heterocycles. The number of halogens is 1. The molecule has 4 aliphatic carbocycles. The summed E-state index contributed by atoms with van der Waals surface area (Å²) in [6.45, 7) is 4.36. The topological polar surface area (TPSA) is 24.1 Å². The zero-order valence-electron chi connectivity index (χ0n) is 14.6. The van der Waals surface area contributed by atoms with Crippen LogP contribution in [0.2, 0.25) is 5.02 Å². The van der Waals surface area contributed by atoms with E-state index in [1.165, 1.54) is 38.5 Å². The highest BCUT2D eigenvalue weighted by Crippen LogP contribution is 2.61. The summed E-state index contributed by atoms with van der Waals surface area (Å²) < 4.78 is 0. The summed E-state index contributed by atoms with van der Waals surface area (Å²) >= 11 is 11.8. The number of thiocarbonyl (C=S) groups is 1. The minimum absolute atomic E-state index is 0.436. The Labute approximate surface area is 155 Å². The molecule has 2 nitrogen and oxygen atoms in total. The molecule has 1 unspecified atom stereocenters. The van der Waals surface area contributed by atoms with Gasteiger partial charge in [-0.05, 0) is 105 Å². The third kappa shape index (κ3) is 2.94. The Bertz CT molecular complexity index is 622. The Hall–Kier alpha value is -0.800. The monoisotopic (exact) mass is 362 g/mol. The molecule has 2 N–H and O–H groups in total. The summed E-state index contributed by atoms with van der Waals surface area (Å²) in [4.78, 5) is 0. The molecule has 0 amide bonds. The van der Waals surface area contributed by atoms with E-state index in [0.717, 1.165) is 39.1 Å². The van der Waals surface area contributed by atoms with Gasteiger partial charge in [-0.3, -0.25) is 0 Å². The average molecular weight is 363 g/mol. The highest BCUT2D eigenvalue weighted by Gasteiger charge is 2.53. The summed E-state index contributed by atoms with van der Waals surface area (Å²) in [5.74, 6) is 2.91. The second kappa shape index (κ2) is 6.17. The van der Waals surface area contributed by atoms with Crippen molar-refractivity contribution in [1.82, 2.24) is 5.32 Å².